The van der Waals surface area contributed by atoms with Crippen LogP contribution in [0.4, 0.5) is 0 Å². The van der Waals surface area contributed by atoms with Gasteiger partial charge in [0.05, 0.1) is 4.11 Å². The number of ether oxygens (including phenoxy) is 1. The molecule has 2 aromatic rings. The van der Waals surface area contributed by atoms with Crippen molar-refractivity contribution in [2.45, 2.75) is 25.1 Å². The van der Waals surface area contributed by atoms with Gasteiger partial charge < -0.3 is 14.7 Å². The molecule has 8 nitrogen and oxygen atoms in total. The topological polar surface area (TPSA) is 130 Å². The number of Topliss-reactive ketones (excluding diaryl/α,β-unsaturated/α-hetero) is 1. The van der Waals surface area contributed by atoms with Crippen LogP contribution < -0.4 is 5.73 Å². The summed E-state index contributed by atoms with van der Waals surface area (Å²) in [5.74, 6) is -3.00. The third-order valence-electron chi connectivity index (χ3n) is 3.49. The van der Waals surface area contributed by atoms with Gasteiger partial charge in [0.1, 0.15) is 5.70 Å². The fourth-order valence-corrected chi connectivity index (χ4v) is 3.10. The van der Waals surface area contributed by atoms with Gasteiger partial charge in [-0.25, -0.2) is 0 Å². The Morgan fingerprint density at radius 3 is 2.28 bits per heavy atom. The van der Waals surface area contributed by atoms with Gasteiger partial charge in [-0.05, 0) is 17.5 Å². The van der Waals surface area contributed by atoms with Crippen LogP contribution in [0.3, 0.4) is 0 Å². The van der Waals surface area contributed by atoms with E-state index in [1.807, 2.05) is 0 Å². The minimum Gasteiger partial charge on any atom is -0.460 e. The molecule has 0 aliphatic carbocycles. The molecule has 1 unspecified atom stereocenters. The van der Waals surface area contributed by atoms with E-state index < -0.39 is 45.7 Å². The number of nitrogens with two attached hydrogens (primary N) is 1. The molecule has 2 aromatic carbocycles. The molecule has 29 heavy (non-hydrogen) atoms. The summed E-state index contributed by atoms with van der Waals surface area (Å²) in [6.07, 6.45) is -3.87. The molecule has 152 valence electrons. The van der Waals surface area contributed by atoms with Crippen molar-refractivity contribution in [3.8, 4) is 0 Å². The first kappa shape index (κ1) is 15.5. The molecular formula is C20H19NO7S. The fraction of sp³-hybridized carbons (Fsp3) is 0.200. The molecule has 2 N–H and O–H groups in total. The van der Waals surface area contributed by atoms with Crippen molar-refractivity contribution >= 4 is 22.1 Å². The van der Waals surface area contributed by atoms with Gasteiger partial charge in [0.25, 0.3) is 0 Å². The molecule has 0 saturated heterocycles. The highest BCUT2D eigenvalue weighted by atomic mass is 32.2. The second-order valence-electron chi connectivity index (χ2n) is 5.37. The van der Waals surface area contributed by atoms with Crippen LogP contribution in [-0.2, 0) is 45.5 Å². The summed E-state index contributed by atoms with van der Waals surface area (Å²) >= 11 is 0. The van der Waals surface area contributed by atoms with Crippen molar-refractivity contribution in [3.63, 3.8) is 0 Å². The Morgan fingerprint density at radius 1 is 1.14 bits per heavy atom. The minimum absolute atomic E-state index is 0.0319. The maximum atomic E-state index is 12.8. The number of carbonyl (C=O) groups excluding carboxylic acids is 3. The van der Waals surface area contributed by atoms with Crippen LogP contribution in [-0.4, -0.2) is 20.4 Å². The van der Waals surface area contributed by atoms with E-state index >= 15 is 0 Å². The van der Waals surface area contributed by atoms with Crippen LogP contribution >= 0.6 is 0 Å². The molecule has 0 amide bonds. The largest absolute Gasteiger partial charge is 0.460 e. The van der Waals surface area contributed by atoms with Crippen LogP contribution in [0.15, 0.2) is 66.2 Å². The first-order chi connectivity index (χ1) is 15.6. The van der Waals surface area contributed by atoms with Crippen molar-refractivity contribution in [2.24, 2.45) is 5.73 Å². The lowest BCUT2D eigenvalue weighted by Gasteiger charge is -2.10. The number of benzene rings is 2. The number of carbonyl (C=O) groups is 1. The molecule has 1 atom stereocenters. The molecule has 1 heterocycles. The van der Waals surface area contributed by atoms with Crippen LogP contribution in [0.25, 0.3) is 0 Å². The molecule has 0 spiro atoms. The zero-order chi connectivity index (χ0) is 25.9. The van der Waals surface area contributed by atoms with Gasteiger partial charge in [0.15, 0.2) is 6.08 Å². The second kappa shape index (κ2) is 9.68. The van der Waals surface area contributed by atoms with E-state index in [2.05, 4.69) is 0 Å². The number of aryl methyl sites for hydroxylation is 1. The highest BCUT2D eigenvalue weighted by Crippen LogP contribution is 2.32. The van der Waals surface area contributed by atoms with Gasteiger partial charge in [0.2, 0.25) is 17.4 Å². The smallest absolute Gasteiger partial charge is 0.373 e. The molecule has 1 aliphatic rings. The summed E-state index contributed by atoms with van der Waals surface area (Å²) in [6.45, 7) is 1.34. The molecule has 0 aromatic heterocycles. The molecule has 0 saturated carbocycles. The first-order valence-corrected chi connectivity index (χ1v) is 9.36. The Kier molecular flexibility index (Phi) is 5.17. The van der Waals surface area contributed by atoms with E-state index in [1.54, 1.807) is 6.07 Å². The lowest BCUT2D eigenvalue weighted by Crippen LogP contribution is -2.16. The Labute approximate surface area is 175 Å². The number of ketones is 1. The van der Waals surface area contributed by atoms with Crippen LogP contribution in [0, 0.1) is 0 Å². The molecule has 1 aliphatic heterocycles. The van der Waals surface area contributed by atoms with E-state index in [0.717, 1.165) is 0 Å². The number of hydrogen-bond donors (Lipinski definition) is 1. The van der Waals surface area contributed by atoms with Crippen molar-refractivity contribution in [1.29, 1.82) is 0 Å². The van der Waals surface area contributed by atoms with E-state index in [9.17, 15) is 13.2 Å². The van der Waals surface area contributed by atoms with Gasteiger partial charge in [0, 0.05) is 8.30 Å². The Hall–Kier alpha value is -3.42. The van der Waals surface area contributed by atoms with E-state index in [1.165, 1.54) is 55.5 Å². The predicted molar refractivity (Wildman–Crippen MR) is 101 cm³/mol. The van der Waals surface area contributed by atoms with E-state index in [4.69, 9.17) is 31.1 Å². The van der Waals surface area contributed by atoms with E-state index in [0.29, 0.717) is 5.56 Å². The average molecular weight is 422 g/mol. The highest BCUT2D eigenvalue weighted by molar-refractivity contribution is 7.86. The Morgan fingerprint density at radius 2 is 1.72 bits per heavy atom. The second-order valence-corrected chi connectivity index (χ2v) is 6.65. The summed E-state index contributed by atoms with van der Waals surface area (Å²) in [7, 11) is -5.06. The number of rotatable bonds is 6. The molecule has 0 radical (unpaired) electrons. The normalized spacial score (nSPS) is 21.8. The third kappa shape index (κ3) is 5.78. The predicted octanol–water partition coefficient (Wildman–Crippen LogP) is 1.98. The van der Waals surface area contributed by atoms with E-state index in [-0.39, 0.29) is 17.3 Å². The quantitative estimate of drug-likeness (QED) is 0.700. The summed E-state index contributed by atoms with van der Waals surface area (Å²) in [4.78, 5) is 29.1. The minimum atomic E-state index is -5.06. The van der Waals surface area contributed by atoms with Crippen molar-refractivity contribution in [3.05, 3.63) is 82.9 Å². The molecule has 9 heteroatoms. The van der Waals surface area contributed by atoms with Gasteiger partial charge in [-0.2, -0.15) is 18.0 Å². The SMILES string of the molecule is O=C=O.[2H]C([2H])(C)c1ccc(C2([2H])OC(N)=C(OS(=O)(=O)C([2H])([2H])c3ccccc3)C2=O)cc1. The summed E-state index contributed by atoms with van der Waals surface area (Å²) in [6, 6.07) is 12.2. The number of hydrogen-bond acceptors (Lipinski definition) is 8. The maximum absolute atomic E-state index is 12.8. The highest BCUT2D eigenvalue weighted by Gasteiger charge is 2.39. The zero-order valence-electron chi connectivity index (χ0n) is 20.0. The Balaban J connectivity index is 0.00000129. The van der Waals surface area contributed by atoms with Crippen LogP contribution in [0.5, 0.6) is 0 Å². The third-order valence-corrected chi connectivity index (χ3v) is 4.37. The lowest BCUT2D eigenvalue weighted by atomic mass is 10.0. The summed E-state index contributed by atoms with van der Waals surface area (Å²) in [5.41, 5.74) is 2.65. The van der Waals surface area contributed by atoms with Crippen LogP contribution in [0.2, 0.25) is 0 Å². The molecule has 0 fully saturated rings. The van der Waals surface area contributed by atoms with Crippen molar-refractivity contribution in [1.82, 2.24) is 0 Å². The van der Waals surface area contributed by atoms with Gasteiger partial charge >= 0.3 is 16.3 Å². The maximum Gasteiger partial charge on any atom is 0.373 e. The Bertz CT molecular complexity index is 1240. The standard InChI is InChI=1S/C19H19NO5S.CO2/c1-2-13-8-10-15(11-9-13)17-16(21)18(19(20)24-17)25-26(22,23)12-14-6-4-3-5-7-14;2-1-3/h3-11,17H,2,12,20H2,1H3;/i2D2,12D2,17D;. The van der Waals surface area contributed by atoms with Crippen molar-refractivity contribution < 1.29 is 38.6 Å². The van der Waals surface area contributed by atoms with Crippen LogP contribution in [0.1, 0.15) is 36.5 Å². The van der Waals surface area contributed by atoms with Gasteiger partial charge in [-0.1, -0.05) is 61.5 Å². The molecule has 3 rings (SSSR count). The average Bonchev–Trinajstić information content (AvgIpc) is 2.98. The zero-order valence-corrected chi connectivity index (χ0v) is 15.9. The first-order valence-electron chi connectivity index (χ1n) is 10.4. The van der Waals surface area contributed by atoms with Gasteiger partial charge in [-0.15, -0.1) is 0 Å². The summed E-state index contributed by atoms with van der Waals surface area (Å²) in [5, 5.41) is 0. The summed E-state index contributed by atoms with van der Waals surface area (Å²) < 4.78 is 74.8. The molecular weight excluding hydrogens is 398 g/mol. The van der Waals surface area contributed by atoms with Crippen molar-refractivity contribution in [2.75, 3.05) is 0 Å². The fourth-order valence-electron chi connectivity index (χ4n) is 2.26. The van der Waals surface area contributed by atoms with Gasteiger partial charge in [-0.3, -0.25) is 4.79 Å². The molecule has 0 bridgehead atoms. The lowest BCUT2D eigenvalue weighted by molar-refractivity contribution is -0.191. The monoisotopic (exact) mass is 422 g/mol.